The van der Waals surface area contributed by atoms with Crippen molar-refractivity contribution in [3.8, 4) is 28.7 Å². The smallest absolute Gasteiger partial charge is 0.260 e. The van der Waals surface area contributed by atoms with Crippen LogP contribution in [-0.2, 0) is 24.0 Å². The molecule has 4 heterocycles. The molecular weight excluding hydrogens is 1060 g/mol. The van der Waals surface area contributed by atoms with Crippen LogP contribution in [0.5, 0.6) is 28.7 Å². The number of hydrogen-bond acceptors (Lipinski definition) is 16. The van der Waals surface area contributed by atoms with Gasteiger partial charge in [0.25, 0.3) is 11.8 Å². The van der Waals surface area contributed by atoms with Gasteiger partial charge in [0.2, 0.25) is 29.5 Å². The highest BCUT2D eigenvalue weighted by molar-refractivity contribution is 6.06. The van der Waals surface area contributed by atoms with E-state index in [2.05, 4.69) is 33.3 Å². The van der Waals surface area contributed by atoms with Crippen LogP contribution in [0.4, 0.5) is 11.4 Å². The van der Waals surface area contributed by atoms with E-state index in [1.807, 2.05) is 75.0 Å². The van der Waals surface area contributed by atoms with Gasteiger partial charge in [-0.2, -0.15) is 0 Å². The van der Waals surface area contributed by atoms with Crippen LogP contribution in [-0.4, -0.2) is 153 Å². The molecule has 3 aromatic rings. The molecule has 2 saturated heterocycles. The number of nitrogens with one attached hydrogen (secondary N) is 5. The van der Waals surface area contributed by atoms with Crippen molar-refractivity contribution in [1.82, 2.24) is 41.5 Å². The molecule has 4 aliphatic rings. The fourth-order valence-electron chi connectivity index (χ4n) is 10.7. The first-order chi connectivity index (χ1) is 39.7. The molecule has 22 heteroatoms. The second kappa shape index (κ2) is 27.9. The lowest BCUT2D eigenvalue weighted by atomic mass is 9.71. The predicted molar refractivity (Wildman–Crippen MR) is 315 cm³/mol. The zero-order valence-electron chi connectivity index (χ0n) is 49.7. The van der Waals surface area contributed by atoms with Crippen LogP contribution >= 0.6 is 0 Å². The third-order valence-corrected chi connectivity index (χ3v) is 15.9. The lowest BCUT2D eigenvalue weighted by Gasteiger charge is -2.61. The van der Waals surface area contributed by atoms with E-state index in [4.69, 9.17) is 28.7 Å². The molecule has 2 fully saturated rings. The fraction of sp³-hybridized carbons (Fsp3) is 0.508. The molecule has 0 saturated carbocycles. The molecule has 5 N–H and O–H groups in total. The summed E-state index contributed by atoms with van der Waals surface area (Å²) in [6.07, 6.45) is 7.11. The maximum atomic E-state index is 14.1. The van der Waals surface area contributed by atoms with Crippen LogP contribution in [0.2, 0.25) is 0 Å². The van der Waals surface area contributed by atoms with Gasteiger partial charge in [-0.15, -0.1) is 0 Å². The summed E-state index contributed by atoms with van der Waals surface area (Å²) in [7, 11) is 4.59. The summed E-state index contributed by atoms with van der Waals surface area (Å²) in [5.74, 6) is -0.680. The van der Waals surface area contributed by atoms with Crippen LogP contribution in [0.15, 0.2) is 72.5 Å². The van der Waals surface area contributed by atoms with E-state index < -0.39 is 47.4 Å². The molecule has 0 spiro atoms. The Balaban J connectivity index is 0.945. The minimum Gasteiger partial charge on any atom is -0.497 e. The number of hydrazine groups is 1. The molecule has 0 aromatic heterocycles. The number of unbranched alkanes of at least 4 members (excludes halogenated alkanes) is 2. The minimum atomic E-state index is -1.02. The third kappa shape index (κ3) is 14.3. The standard InChI is InChI=1S/C61H82N10O12/c1-13-62-56(75)44-30-49(81-12)51(83-27-19-26-82-50-31-45-43(29-48(50)80-11)58(77)70-35-40(28-41(70)34-63-45)39-21-23-42(79-10)24-22-39)33-47(44)71-38(7)61(8,9)60(71)66-55(74)37(6)64-57(76)54(36(4)5)65-52(72)20-17-16-18-25-69-53(73)32-46(59(69)78)67-68(14-2)15-3/h13,21-24,29-31,33-38,41,46,54,60,67H,1,14-20,25-28,32H2,2-12H3,(H,62,75)(H,64,76)(H,65,72)(H,66,74)/t37-,38+,41?,46?,54-,60?/m0/s1. The van der Waals surface area contributed by atoms with E-state index in [0.29, 0.717) is 79.4 Å². The normalized spacial score (nSPS) is 19.5. The zero-order valence-corrected chi connectivity index (χ0v) is 49.7. The van der Waals surface area contributed by atoms with Gasteiger partial charge in [-0.1, -0.05) is 66.7 Å². The van der Waals surface area contributed by atoms with Gasteiger partial charge in [0.15, 0.2) is 23.0 Å². The Bertz CT molecular complexity index is 2960. The van der Waals surface area contributed by atoms with Crippen LogP contribution in [0.3, 0.4) is 0 Å². The summed E-state index contributed by atoms with van der Waals surface area (Å²) < 4.78 is 29.3. The minimum absolute atomic E-state index is 0.109. The number of anilines is 1. The lowest BCUT2D eigenvalue weighted by molar-refractivity contribution is -0.139. The Kier molecular flexibility index (Phi) is 21.0. The quantitative estimate of drug-likeness (QED) is 0.0292. The van der Waals surface area contributed by atoms with Crippen LogP contribution in [0.1, 0.15) is 127 Å². The molecule has 7 rings (SSSR count). The zero-order chi connectivity index (χ0) is 60.3. The summed E-state index contributed by atoms with van der Waals surface area (Å²) in [5, 5.41) is 13.3. The first-order valence-electron chi connectivity index (χ1n) is 28.6. The second-order valence-corrected chi connectivity index (χ2v) is 22.0. The number of methoxy groups -OCH3 is 3. The van der Waals surface area contributed by atoms with Crippen molar-refractivity contribution < 1.29 is 57.2 Å². The van der Waals surface area contributed by atoms with Gasteiger partial charge in [-0.25, -0.2) is 10.4 Å². The van der Waals surface area contributed by atoms with Crippen molar-refractivity contribution >= 4 is 64.5 Å². The van der Waals surface area contributed by atoms with Gasteiger partial charge in [-0.3, -0.25) is 43.5 Å². The fourth-order valence-corrected chi connectivity index (χ4v) is 10.7. The molecule has 0 aliphatic carbocycles. The maximum absolute atomic E-state index is 14.1. The summed E-state index contributed by atoms with van der Waals surface area (Å²) in [5.41, 5.74) is 6.12. The summed E-state index contributed by atoms with van der Waals surface area (Å²) in [6.45, 7) is 20.8. The Morgan fingerprint density at radius 1 is 0.831 bits per heavy atom. The average Bonchev–Trinajstić information content (AvgIpc) is 4.20. The van der Waals surface area contributed by atoms with Gasteiger partial charge in [0.05, 0.1) is 69.5 Å². The number of carbonyl (C=O) groups excluding carboxylic acids is 7. The predicted octanol–water partition coefficient (Wildman–Crippen LogP) is 6.26. The highest BCUT2D eigenvalue weighted by Crippen LogP contribution is 2.49. The summed E-state index contributed by atoms with van der Waals surface area (Å²) in [6, 6.07) is 11.3. The summed E-state index contributed by atoms with van der Waals surface area (Å²) in [4.78, 5) is 104. The lowest BCUT2D eigenvalue weighted by Crippen LogP contribution is -2.75. The number of imide groups is 1. The average molecular weight is 1150 g/mol. The highest BCUT2D eigenvalue weighted by atomic mass is 16.5. The largest absolute Gasteiger partial charge is 0.497 e. The number of carbonyl (C=O) groups is 7. The van der Waals surface area contributed by atoms with E-state index in [1.54, 1.807) is 63.3 Å². The molecule has 3 aromatic carbocycles. The van der Waals surface area contributed by atoms with Crippen molar-refractivity contribution in [2.24, 2.45) is 16.3 Å². The van der Waals surface area contributed by atoms with Gasteiger partial charge in [-0.05, 0) is 74.2 Å². The number of fused-ring (bicyclic) bond motifs is 2. The van der Waals surface area contributed by atoms with E-state index in [9.17, 15) is 33.6 Å². The van der Waals surface area contributed by atoms with E-state index >= 15 is 0 Å². The number of rotatable bonds is 29. The number of ether oxygens (including phenoxy) is 5. The number of nitrogens with zero attached hydrogens (tertiary/aromatic N) is 5. The molecule has 0 bridgehead atoms. The van der Waals surface area contributed by atoms with Gasteiger partial charge in [0, 0.05) is 74.9 Å². The number of aliphatic imine (C=N–C) groups is 1. The Labute approximate surface area is 486 Å². The Hall–Kier alpha value is -7.98. The topological polar surface area (TPSA) is 251 Å². The molecule has 0 radical (unpaired) electrons. The Morgan fingerprint density at radius 3 is 2.14 bits per heavy atom. The van der Waals surface area contributed by atoms with Crippen LogP contribution in [0.25, 0.3) is 5.57 Å². The van der Waals surface area contributed by atoms with Crippen molar-refractivity contribution in [3.05, 3.63) is 84.2 Å². The number of likely N-dealkylation sites (tertiary alicyclic amines) is 1. The molecule has 4 aliphatic heterocycles. The van der Waals surface area contributed by atoms with Gasteiger partial charge < -0.3 is 54.8 Å². The third-order valence-electron chi connectivity index (χ3n) is 15.9. The van der Waals surface area contributed by atoms with E-state index in [-0.39, 0.29) is 85.5 Å². The highest BCUT2D eigenvalue weighted by Gasteiger charge is 2.54. The molecule has 83 heavy (non-hydrogen) atoms. The number of amides is 7. The van der Waals surface area contributed by atoms with Gasteiger partial charge >= 0.3 is 0 Å². The Morgan fingerprint density at radius 2 is 1.51 bits per heavy atom. The van der Waals surface area contributed by atoms with Gasteiger partial charge in [0.1, 0.15) is 30.0 Å². The molecule has 22 nitrogen and oxygen atoms in total. The van der Waals surface area contributed by atoms with Crippen molar-refractivity contribution in [2.75, 3.05) is 59.1 Å². The summed E-state index contributed by atoms with van der Waals surface area (Å²) >= 11 is 0. The number of hydrogen-bond donors (Lipinski definition) is 5. The van der Waals surface area contributed by atoms with E-state index in [1.165, 1.54) is 25.3 Å². The monoisotopic (exact) mass is 1150 g/mol. The molecule has 448 valence electrons. The SMILES string of the molecule is C=CNC(=O)c1cc(OC)c(OCCCOc2cc3c(cc2OC)C(=O)N2C=C(c4ccc(OC)cc4)CC2C=N3)cc1N1C(NC(=O)[C@H](C)NC(=O)[C@@H](NC(=O)CCCCCN2C(=O)CC(NN(CC)CC)C2=O)C(C)C)C(C)(C)[C@H]1C. The number of benzene rings is 3. The molecule has 7 amide bonds. The van der Waals surface area contributed by atoms with Crippen molar-refractivity contribution in [3.63, 3.8) is 0 Å². The molecule has 6 atom stereocenters. The second-order valence-electron chi connectivity index (χ2n) is 22.0. The van der Waals surface area contributed by atoms with Crippen LogP contribution < -0.4 is 55.3 Å². The molecule has 3 unspecified atom stereocenters. The van der Waals surface area contributed by atoms with Crippen LogP contribution in [0, 0.1) is 11.3 Å². The van der Waals surface area contributed by atoms with Crippen molar-refractivity contribution in [1.29, 1.82) is 0 Å². The first-order valence-corrected chi connectivity index (χ1v) is 28.6. The van der Waals surface area contributed by atoms with Crippen molar-refractivity contribution in [2.45, 2.75) is 137 Å². The molecular formula is C61H82N10O12. The first kappa shape index (κ1) is 62.6. The van der Waals surface area contributed by atoms with E-state index in [0.717, 1.165) is 16.9 Å². The maximum Gasteiger partial charge on any atom is 0.260 e.